The summed E-state index contributed by atoms with van der Waals surface area (Å²) in [6, 6.07) is 2.55. The van der Waals surface area contributed by atoms with Crippen molar-refractivity contribution in [2.45, 2.75) is 45.1 Å². The predicted molar refractivity (Wildman–Crippen MR) is 81.3 cm³/mol. The molecule has 0 aliphatic heterocycles. The molecule has 106 valence electrons. The summed E-state index contributed by atoms with van der Waals surface area (Å²) < 4.78 is 5.26. The fraction of sp³-hybridized carbons (Fsp3) is 0.714. The van der Waals surface area contributed by atoms with Crippen molar-refractivity contribution in [1.29, 1.82) is 0 Å². The number of anilines is 1. The smallest absolute Gasteiger partial charge is 0.218 e. The maximum atomic E-state index is 5.26. The van der Waals surface area contributed by atoms with Crippen LogP contribution in [0.4, 0.5) is 5.82 Å². The number of alkyl halides is 1. The molecule has 0 unspecified atom stereocenters. The van der Waals surface area contributed by atoms with Crippen molar-refractivity contribution in [3.63, 3.8) is 0 Å². The Morgan fingerprint density at radius 3 is 2.68 bits per heavy atom. The highest BCUT2D eigenvalue weighted by molar-refractivity contribution is 9.09. The molecule has 0 aromatic carbocycles. The van der Waals surface area contributed by atoms with E-state index >= 15 is 0 Å². The summed E-state index contributed by atoms with van der Waals surface area (Å²) in [4.78, 5) is 11.3. The number of ether oxygens (including phenoxy) is 1. The van der Waals surface area contributed by atoms with Crippen LogP contribution in [-0.2, 0) is 0 Å². The summed E-state index contributed by atoms with van der Waals surface area (Å²) in [5.41, 5.74) is 0. The van der Waals surface area contributed by atoms with Gasteiger partial charge in [-0.25, -0.2) is 4.98 Å². The highest BCUT2D eigenvalue weighted by atomic mass is 79.9. The zero-order chi connectivity index (χ0) is 13.7. The molecule has 1 aliphatic rings. The second kappa shape index (κ2) is 7.08. The van der Waals surface area contributed by atoms with E-state index in [1.165, 1.54) is 32.1 Å². The fourth-order valence-electron chi connectivity index (χ4n) is 2.74. The summed E-state index contributed by atoms with van der Waals surface area (Å²) in [5.74, 6) is 2.42. The molecule has 0 radical (unpaired) electrons. The van der Waals surface area contributed by atoms with Crippen LogP contribution in [0.1, 0.15) is 37.9 Å². The molecule has 1 fully saturated rings. The van der Waals surface area contributed by atoms with Gasteiger partial charge in [0.05, 0.1) is 7.11 Å². The first-order valence-corrected chi connectivity index (χ1v) is 8.09. The molecule has 0 amide bonds. The predicted octanol–water partition coefficient (Wildman–Crippen LogP) is 3.33. The van der Waals surface area contributed by atoms with Crippen LogP contribution >= 0.6 is 15.9 Å². The minimum absolute atomic E-state index is 0.602. The van der Waals surface area contributed by atoms with Gasteiger partial charge in [-0.3, -0.25) is 0 Å². The van der Waals surface area contributed by atoms with Crippen LogP contribution < -0.4 is 9.64 Å². The Balaban J connectivity index is 2.24. The van der Waals surface area contributed by atoms with Crippen LogP contribution in [0.15, 0.2) is 6.07 Å². The molecule has 5 heteroatoms. The molecular formula is C14H22BrN3O. The minimum Gasteiger partial charge on any atom is -0.481 e. The Morgan fingerprint density at radius 2 is 2.05 bits per heavy atom. The average Bonchev–Trinajstić information content (AvgIpc) is 2.45. The molecule has 0 N–H and O–H groups in total. The number of aromatic nitrogens is 2. The first-order valence-electron chi connectivity index (χ1n) is 6.97. The molecule has 0 bridgehead atoms. The van der Waals surface area contributed by atoms with E-state index in [4.69, 9.17) is 4.74 Å². The molecule has 0 saturated heterocycles. The fourth-order valence-corrected chi connectivity index (χ4v) is 3.13. The van der Waals surface area contributed by atoms with Gasteiger partial charge in [-0.05, 0) is 19.8 Å². The molecule has 1 aromatic rings. The molecule has 2 rings (SSSR count). The average molecular weight is 328 g/mol. The van der Waals surface area contributed by atoms with Gasteiger partial charge in [-0.2, -0.15) is 4.98 Å². The normalized spacial score (nSPS) is 16.4. The van der Waals surface area contributed by atoms with Gasteiger partial charge in [0.1, 0.15) is 11.6 Å². The SMILES string of the molecule is COc1cc(N(CCBr)C2CCCCC2)nc(C)n1. The Morgan fingerprint density at radius 1 is 1.32 bits per heavy atom. The van der Waals surface area contributed by atoms with E-state index in [2.05, 4.69) is 30.8 Å². The topological polar surface area (TPSA) is 38.2 Å². The van der Waals surface area contributed by atoms with E-state index in [9.17, 15) is 0 Å². The van der Waals surface area contributed by atoms with Gasteiger partial charge >= 0.3 is 0 Å². The van der Waals surface area contributed by atoms with E-state index in [1.807, 2.05) is 13.0 Å². The molecule has 4 nitrogen and oxygen atoms in total. The van der Waals surface area contributed by atoms with Crippen LogP contribution in [0.25, 0.3) is 0 Å². The summed E-state index contributed by atoms with van der Waals surface area (Å²) in [6.45, 7) is 2.89. The number of methoxy groups -OCH3 is 1. The largest absolute Gasteiger partial charge is 0.481 e. The van der Waals surface area contributed by atoms with Crippen molar-refractivity contribution < 1.29 is 4.74 Å². The van der Waals surface area contributed by atoms with E-state index in [0.717, 1.165) is 23.5 Å². The third-order valence-electron chi connectivity index (χ3n) is 3.65. The molecule has 0 spiro atoms. The third-order valence-corrected chi connectivity index (χ3v) is 4.00. The number of nitrogens with zero attached hydrogens (tertiary/aromatic N) is 3. The Kier molecular flexibility index (Phi) is 5.43. The monoisotopic (exact) mass is 327 g/mol. The molecular weight excluding hydrogens is 306 g/mol. The van der Waals surface area contributed by atoms with Gasteiger partial charge in [0, 0.05) is 24.0 Å². The number of hydrogen-bond acceptors (Lipinski definition) is 4. The molecule has 19 heavy (non-hydrogen) atoms. The lowest BCUT2D eigenvalue weighted by Gasteiger charge is -2.35. The van der Waals surface area contributed by atoms with Gasteiger partial charge in [0.15, 0.2) is 0 Å². The van der Waals surface area contributed by atoms with Gasteiger partial charge in [-0.1, -0.05) is 35.2 Å². The number of halogens is 1. The van der Waals surface area contributed by atoms with Crippen LogP contribution in [-0.4, -0.2) is 35.0 Å². The van der Waals surface area contributed by atoms with Crippen LogP contribution in [0.5, 0.6) is 5.88 Å². The van der Waals surface area contributed by atoms with Crippen molar-refractivity contribution in [1.82, 2.24) is 9.97 Å². The first-order chi connectivity index (χ1) is 9.24. The minimum atomic E-state index is 0.602. The van der Waals surface area contributed by atoms with Crippen LogP contribution in [0.2, 0.25) is 0 Å². The molecule has 1 aromatic heterocycles. The summed E-state index contributed by atoms with van der Waals surface area (Å²) in [6.07, 6.45) is 6.54. The second-order valence-corrected chi connectivity index (χ2v) is 5.78. The van der Waals surface area contributed by atoms with E-state index in [1.54, 1.807) is 7.11 Å². The van der Waals surface area contributed by atoms with Crippen molar-refractivity contribution in [3.05, 3.63) is 11.9 Å². The number of hydrogen-bond donors (Lipinski definition) is 0. The lowest BCUT2D eigenvalue weighted by Crippen LogP contribution is -2.39. The molecule has 1 heterocycles. The highest BCUT2D eigenvalue weighted by Crippen LogP contribution is 2.27. The Labute approximate surface area is 123 Å². The summed E-state index contributed by atoms with van der Waals surface area (Å²) in [7, 11) is 1.65. The van der Waals surface area contributed by atoms with Crippen molar-refractivity contribution in [2.75, 3.05) is 23.9 Å². The third kappa shape index (κ3) is 3.81. The zero-order valence-electron chi connectivity index (χ0n) is 11.7. The van der Waals surface area contributed by atoms with Crippen molar-refractivity contribution >= 4 is 21.7 Å². The maximum Gasteiger partial charge on any atom is 0.218 e. The van der Waals surface area contributed by atoms with E-state index in [0.29, 0.717) is 11.9 Å². The van der Waals surface area contributed by atoms with Crippen LogP contribution in [0, 0.1) is 6.92 Å². The van der Waals surface area contributed by atoms with Gasteiger partial charge in [0.25, 0.3) is 0 Å². The van der Waals surface area contributed by atoms with Crippen LogP contribution in [0.3, 0.4) is 0 Å². The first kappa shape index (κ1) is 14.6. The van der Waals surface area contributed by atoms with Gasteiger partial charge < -0.3 is 9.64 Å². The maximum absolute atomic E-state index is 5.26. The van der Waals surface area contributed by atoms with E-state index in [-0.39, 0.29) is 0 Å². The van der Waals surface area contributed by atoms with Crippen molar-refractivity contribution in [2.24, 2.45) is 0 Å². The summed E-state index contributed by atoms with van der Waals surface area (Å²) in [5, 5.41) is 0.953. The van der Waals surface area contributed by atoms with Crippen molar-refractivity contribution in [3.8, 4) is 5.88 Å². The quantitative estimate of drug-likeness (QED) is 0.777. The van der Waals surface area contributed by atoms with E-state index < -0.39 is 0 Å². The number of rotatable bonds is 5. The molecule has 0 atom stereocenters. The number of aryl methyl sites for hydroxylation is 1. The zero-order valence-corrected chi connectivity index (χ0v) is 13.3. The summed E-state index contributed by atoms with van der Waals surface area (Å²) >= 11 is 3.55. The standard InChI is InChI=1S/C14H22BrN3O/c1-11-16-13(10-14(17-11)19-2)18(9-8-15)12-6-4-3-5-7-12/h10,12H,3-9H2,1-2H3. The van der Waals surface area contributed by atoms with Gasteiger partial charge in [-0.15, -0.1) is 0 Å². The van der Waals surface area contributed by atoms with Gasteiger partial charge in [0.2, 0.25) is 5.88 Å². The second-order valence-electron chi connectivity index (χ2n) is 4.99. The lowest BCUT2D eigenvalue weighted by atomic mass is 9.94. The molecule has 1 aliphatic carbocycles. The molecule has 1 saturated carbocycles. The highest BCUT2D eigenvalue weighted by Gasteiger charge is 2.22. The lowest BCUT2D eigenvalue weighted by molar-refractivity contribution is 0.392. The Hall–Kier alpha value is -0.840. The Bertz CT molecular complexity index is 408.